The van der Waals surface area contributed by atoms with Crippen LogP contribution >= 0.6 is 0 Å². The lowest BCUT2D eigenvalue weighted by molar-refractivity contribution is -0.274. The fraction of sp³-hybridized carbons (Fsp3) is 0.656. The number of alkyl halides is 3. The van der Waals surface area contributed by atoms with Crippen LogP contribution in [0, 0.1) is 40.4 Å². The Morgan fingerprint density at radius 3 is 2.48 bits per heavy atom. The van der Waals surface area contributed by atoms with Crippen molar-refractivity contribution in [3.63, 3.8) is 0 Å². The highest BCUT2D eigenvalue weighted by atomic mass is 19.4. The Kier molecular flexibility index (Phi) is 8.41. The summed E-state index contributed by atoms with van der Waals surface area (Å²) in [5.74, 6) is 2.23. The molecule has 5 aliphatic rings. The number of nitrogens with zero attached hydrogens (tertiary/aromatic N) is 4. The second-order valence-electron chi connectivity index (χ2n) is 13.7. The van der Waals surface area contributed by atoms with Crippen molar-refractivity contribution >= 4 is 11.8 Å². The maximum atomic E-state index is 12.8. The molecule has 2 heterocycles. The number of ether oxygens (including phenoxy) is 3. The maximum Gasteiger partial charge on any atom is 0.573 e. The predicted octanol–water partition coefficient (Wildman–Crippen LogP) is 5.80. The molecule has 44 heavy (non-hydrogen) atoms. The normalized spacial score (nSPS) is 29.4. The first-order valence-corrected chi connectivity index (χ1v) is 15.5. The van der Waals surface area contributed by atoms with E-state index in [2.05, 4.69) is 43.4 Å². The van der Waals surface area contributed by atoms with Crippen LogP contribution in [0.15, 0.2) is 30.5 Å². The van der Waals surface area contributed by atoms with E-state index in [1.165, 1.54) is 37.6 Å². The Labute approximate surface area is 256 Å². The van der Waals surface area contributed by atoms with Gasteiger partial charge in [0.05, 0.1) is 19.4 Å². The topological polar surface area (TPSA) is 105 Å². The Bertz CT molecular complexity index is 1360. The summed E-state index contributed by atoms with van der Waals surface area (Å²) in [5.41, 5.74) is 0.792. The molecule has 5 atom stereocenters. The van der Waals surface area contributed by atoms with Crippen LogP contribution in [0.2, 0.25) is 0 Å². The highest BCUT2D eigenvalue weighted by Gasteiger charge is 2.56. The van der Waals surface area contributed by atoms with Gasteiger partial charge in [0.1, 0.15) is 23.2 Å². The Morgan fingerprint density at radius 2 is 1.80 bits per heavy atom. The average molecular weight is 615 g/mol. The van der Waals surface area contributed by atoms with E-state index in [-0.39, 0.29) is 23.7 Å². The zero-order chi connectivity index (χ0) is 31.1. The van der Waals surface area contributed by atoms with Crippen molar-refractivity contribution in [1.29, 1.82) is 5.26 Å². The summed E-state index contributed by atoms with van der Waals surface area (Å²) in [5, 5.41) is 16.2. The molecule has 0 spiro atoms. The number of anilines is 2. The summed E-state index contributed by atoms with van der Waals surface area (Å²) < 4.78 is 54.5. The number of hydrogen-bond acceptors (Lipinski definition) is 9. The first kappa shape index (κ1) is 30.9. The number of benzene rings is 1. The largest absolute Gasteiger partial charge is 0.573 e. The molecule has 1 aromatic heterocycles. The Morgan fingerprint density at radius 1 is 1.09 bits per heavy atom. The van der Waals surface area contributed by atoms with E-state index in [4.69, 9.17) is 9.47 Å². The van der Waals surface area contributed by atoms with E-state index in [0.717, 1.165) is 45.1 Å². The number of aromatic nitrogens is 2. The van der Waals surface area contributed by atoms with Crippen LogP contribution in [0.5, 0.6) is 5.75 Å². The van der Waals surface area contributed by atoms with Gasteiger partial charge in [0.25, 0.3) is 0 Å². The summed E-state index contributed by atoms with van der Waals surface area (Å²) in [7, 11) is 2.26. The third-order valence-corrected chi connectivity index (χ3v) is 9.91. The van der Waals surface area contributed by atoms with E-state index >= 15 is 0 Å². The van der Waals surface area contributed by atoms with Gasteiger partial charge in [-0.1, -0.05) is 18.2 Å². The average Bonchev–Trinajstić information content (AvgIpc) is 2.95. The van der Waals surface area contributed by atoms with Gasteiger partial charge in [-0.2, -0.15) is 10.2 Å². The third kappa shape index (κ3) is 6.90. The Balaban J connectivity index is 1.09. The van der Waals surface area contributed by atoms with Gasteiger partial charge in [-0.25, -0.2) is 4.98 Å². The van der Waals surface area contributed by atoms with Gasteiger partial charge in [0.15, 0.2) is 5.79 Å². The molecule has 5 fully saturated rings. The predicted molar refractivity (Wildman–Crippen MR) is 158 cm³/mol. The van der Waals surface area contributed by atoms with Crippen molar-refractivity contribution < 1.29 is 27.4 Å². The highest BCUT2D eigenvalue weighted by Crippen LogP contribution is 2.61. The molecule has 1 unspecified atom stereocenters. The van der Waals surface area contributed by atoms with Crippen molar-refractivity contribution in [1.82, 2.24) is 14.9 Å². The van der Waals surface area contributed by atoms with Crippen LogP contribution in [-0.2, 0) is 16.0 Å². The molecule has 1 aromatic carbocycles. The zero-order valence-electron chi connectivity index (χ0n) is 25.5. The molecule has 0 amide bonds. The molecule has 4 bridgehead atoms. The fourth-order valence-corrected chi connectivity index (χ4v) is 8.47. The lowest BCUT2D eigenvalue weighted by Gasteiger charge is -2.62. The SMILES string of the molecule is CN(CC1COC(C)(C)OC1)[C@@H]1[C@@H]2CC3C[C@H]1C[C@](CNc1nc(NCc4ccccc4OC(F)(F)F)ncc1C#N)(C3)C2. The summed E-state index contributed by atoms with van der Waals surface area (Å²) in [6, 6.07) is 8.66. The van der Waals surface area contributed by atoms with Crippen molar-refractivity contribution in [2.45, 2.75) is 70.7 Å². The van der Waals surface area contributed by atoms with Crippen LogP contribution in [0.3, 0.4) is 0 Å². The van der Waals surface area contributed by atoms with Crippen LogP contribution in [-0.4, -0.2) is 66.4 Å². The molecule has 12 heteroatoms. The lowest BCUT2D eigenvalue weighted by Crippen LogP contribution is -2.60. The van der Waals surface area contributed by atoms with Gasteiger partial charge in [0, 0.05) is 37.2 Å². The molecule has 4 saturated carbocycles. The van der Waals surface area contributed by atoms with Gasteiger partial charge >= 0.3 is 6.36 Å². The molecular weight excluding hydrogens is 573 g/mol. The van der Waals surface area contributed by atoms with Crippen molar-refractivity contribution in [3.05, 3.63) is 41.6 Å². The molecule has 7 rings (SSSR count). The molecule has 0 radical (unpaired) electrons. The van der Waals surface area contributed by atoms with Gasteiger partial charge < -0.3 is 29.7 Å². The van der Waals surface area contributed by atoms with E-state index < -0.39 is 12.1 Å². The summed E-state index contributed by atoms with van der Waals surface area (Å²) in [6.07, 6.45) is 2.64. The third-order valence-electron chi connectivity index (χ3n) is 9.91. The van der Waals surface area contributed by atoms with E-state index in [1.807, 2.05) is 13.8 Å². The molecule has 2 aromatic rings. The van der Waals surface area contributed by atoms with Crippen LogP contribution in [0.25, 0.3) is 0 Å². The minimum atomic E-state index is -4.79. The van der Waals surface area contributed by atoms with E-state index in [9.17, 15) is 18.4 Å². The molecule has 4 aliphatic carbocycles. The fourth-order valence-electron chi connectivity index (χ4n) is 8.47. The lowest BCUT2D eigenvalue weighted by atomic mass is 9.47. The molecule has 9 nitrogen and oxygen atoms in total. The van der Waals surface area contributed by atoms with Crippen molar-refractivity contribution in [2.24, 2.45) is 29.1 Å². The highest BCUT2D eigenvalue weighted by molar-refractivity contribution is 5.53. The minimum Gasteiger partial charge on any atom is -0.405 e. The van der Waals surface area contributed by atoms with Crippen LogP contribution in [0.4, 0.5) is 24.9 Å². The monoisotopic (exact) mass is 614 g/mol. The number of para-hydroxylation sites is 1. The first-order chi connectivity index (χ1) is 20.9. The van der Waals surface area contributed by atoms with Gasteiger partial charge in [0.2, 0.25) is 5.95 Å². The second kappa shape index (κ2) is 12.0. The molecule has 1 aliphatic heterocycles. The molecule has 1 saturated heterocycles. The minimum absolute atomic E-state index is 0.0261. The van der Waals surface area contributed by atoms with Crippen molar-refractivity contribution in [2.75, 3.05) is 44.0 Å². The van der Waals surface area contributed by atoms with Gasteiger partial charge in [-0.05, 0) is 82.2 Å². The van der Waals surface area contributed by atoms with E-state index in [1.54, 1.807) is 12.1 Å². The molecule has 238 valence electrons. The molecule has 2 N–H and O–H groups in total. The smallest absolute Gasteiger partial charge is 0.405 e. The van der Waals surface area contributed by atoms with Crippen LogP contribution in [0.1, 0.15) is 57.1 Å². The summed E-state index contributed by atoms with van der Waals surface area (Å²) in [4.78, 5) is 11.3. The first-order valence-electron chi connectivity index (χ1n) is 15.5. The van der Waals surface area contributed by atoms with Gasteiger partial charge in [-0.3, -0.25) is 0 Å². The summed E-state index contributed by atoms with van der Waals surface area (Å²) >= 11 is 0. The number of halogens is 3. The number of nitrogens with one attached hydrogen (secondary N) is 2. The van der Waals surface area contributed by atoms with Gasteiger partial charge in [-0.15, -0.1) is 13.2 Å². The van der Waals surface area contributed by atoms with E-state index in [0.29, 0.717) is 40.7 Å². The summed E-state index contributed by atoms with van der Waals surface area (Å²) in [6.45, 7) is 7.10. The standard InChI is InChI=1S/C32H41F3N6O3/c1-30(2)42-17-21(18-43-30)16-41(3)27-23-8-20-9-24(27)12-31(10-20,11-23)19-39-28-25(13-36)15-38-29(40-28)37-14-22-6-4-5-7-26(22)44-32(33,34)35/h4-7,15,20-21,23-24,27H,8-12,14,16-19H2,1-3H3,(H2,37,38,39,40)/t20?,23-,24+,27-,31+. The number of hydrogen-bond donors (Lipinski definition) is 2. The van der Waals surface area contributed by atoms with Crippen LogP contribution < -0.4 is 15.4 Å². The maximum absolute atomic E-state index is 12.8. The number of nitriles is 1. The quantitative estimate of drug-likeness (QED) is 0.344. The number of rotatable bonds is 10. The molecular formula is C32H41F3N6O3. The second-order valence-corrected chi connectivity index (χ2v) is 13.7. The van der Waals surface area contributed by atoms with Crippen molar-refractivity contribution in [3.8, 4) is 11.8 Å². The Hall–Kier alpha value is -3.14. The zero-order valence-corrected chi connectivity index (χ0v) is 25.5.